The van der Waals surface area contributed by atoms with Crippen LogP contribution in [0.1, 0.15) is 55.0 Å². The lowest BCUT2D eigenvalue weighted by Crippen LogP contribution is -2.30. The predicted molar refractivity (Wildman–Crippen MR) is 101 cm³/mol. The first-order valence-corrected chi connectivity index (χ1v) is 9.20. The molecule has 0 aliphatic heterocycles. The van der Waals surface area contributed by atoms with Crippen LogP contribution in [0, 0.1) is 0 Å². The minimum atomic E-state index is -0.107. The molecule has 2 amide bonds. The molecule has 0 unspecified atom stereocenters. The molecule has 2 aliphatic rings. The highest BCUT2D eigenvalue weighted by molar-refractivity contribution is 5.89. The van der Waals surface area contributed by atoms with Gasteiger partial charge < -0.3 is 16.0 Å². The number of benzene rings is 2. The van der Waals surface area contributed by atoms with E-state index in [1.54, 1.807) is 0 Å². The summed E-state index contributed by atoms with van der Waals surface area (Å²) in [4.78, 5) is 11.8. The molecule has 2 aromatic carbocycles. The van der Waals surface area contributed by atoms with Gasteiger partial charge in [-0.05, 0) is 61.4 Å². The third-order valence-corrected chi connectivity index (χ3v) is 5.17. The number of aryl methyl sites for hydroxylation is 1. The van der Waals surface area contributed by atoms with Crippen molar-refractivity contribution in [3.8, 4) is 0 Å². The van der Waals surface area contributed by atoms with Crippen molar-refractivity contribution in [2.45, 2.75) is 50.7 Å². The van der Waals surface area contributed by atoms with E-state index in [0.717, 1.165) is 31.4 Å². The Morgan fingerprint density at radius 1 is 1.04 bits per heavy atom. The van der Waals surface area contributed by atoms with Crippen molar-refractivity contribution in [1.29, 1.82) is 0 Å². The van der Waals surface area contributed by atoms with Crippen LogP contribution in [0.2, 0.25) is 0 Å². The van der Waals surface area contributed by atoms with Crippen molar-refractivity contribution in [1.82, 2.24) is 10.6 Å². The molecular weight excluding hydrogens is 310 g/mol. The fraction of sp³-hybridized carbons (Fsp3) is 0.381. The van der Waals surface area contributed by atoms with Crippen molar-refractivity contribution in [2.24, 2.45) is 0 Å². The van der Waals surface area contributed by atoms with Crippen LogP contribution < -0.4 is 16.0 Å². The van der Waals surface area contributed by atoms with E-state index in [1.807, 2.05) is 12.1 Å². The van der Waals surface area contributed by atoms with Crippen LogP contribution in [0.4, 0.5) is 10.5 Å². The van der Waals surface area contributed by atoms with Crippen LogP contribution in [0.25, 0.3) is 0 Å². The molecule has 2 aromatic rings. The molecule has 4 heteroatoms. The topological polar surface area (TPSA) is 53.2 Å². The van der Waals surface area contributed by atoms with Crippen LogP contribution in [0.3, 0.4) is 0 Å². The number of carbonyl (C=O) groups is 1. The maximum absolute atomic E-state index is 11.8. The number of fused-ring (bicyclic) bond motifs is 1. The quantitative estimate of drug-likeness (QED) is 0.763. The Balaban J connectivity index is 1.36. The van der Waals surface area contributed by atoms with Gasteiger partial charge in [0.1, 0.15) is 0 Å². The highest BCUT2D eigenvalue weighted by Gasteiger charge is 2.24. The summed E-state index contributed by atoms with van der Waals surface area (Å²) in [5, 5.41) is 9.58. The van der Waals surface area contributed by atoms with Crippen molar-refractivity contribution in [3.05, 3.63) is 65.2 Å². The van der Waals surface area contributed by atoms with E-state index in [-0.39, 0.29) is 12.1 Å². The minimum Gasteiger partial charge on any atom is -0.335 e. The smallest absolute Gasteiger partial charge is 0.319 e. The molecule has 130 valence electrons. The SMILES string of the molecule is C[C@H](N[C@H]1CCc2ccccc21)c1ccc(NC(=O)NC2CC2)cc1. The molecule has 1 fully saturated rings. The molecule has 2 aliphatic carbocycles. The summed E-state index contributed by atoms with van der Waals surface area (Å²) >= 11 is 0. The van der Waals surface area contributed by atoms with Crippen LogP contribution in [0.5, 0.6) is 0 Å². The highest BCUT2D eigenvalue weighted by atomic mass is 16.2. The second-order valence-corrected chi connectivity index (χ2v) is 7.17. The standard InChI is InChI=1S/C21H25N3O/c1-14(22-20-13-8-16-4-2-3-5-19(16)20)15-6-9-17(10-7-15)23-21(25)24-18-11-12-18/h2-7,9-10,14,18,20,22H,8,11-13H2,1H3,(H2,23,24,25)/t14-,20-/m0/s1. The molecule has 0 bridgehead atoms. The number of amides is 2. The Morgan fingerprint density at radius 3 is 2.56 bits per heavy atom. The molecule has 4 nitrogen and oxygen atoms in total. The van der Waals surface area contributed by atoms with Crippen molar-refractivity contribution >= 4 is 11.7 Å². The van der Waals surface area contributed by atoms with E-state index < -0.39 is 0 Å². The number of anilines is 1. The molecule has 1 saturated carbocycles. The first-order valence-electron chi connectivity index (χ1n) is 9.20. The molecule has 0 aromatic heterocycles. The Morgan fingerprint density at radius 2 is 1.80 bits per heavy atom. The summed E-state index contributed by atoms with van der Waals surface area (Å²) in [7, 11) is 0. The van der Waals surface area contributed by atoms with Gasteiger partial charge in [-0.3, -0.25) is 0 Å². The van der Waals surface area contributed by atoms with Gasteiger partial charge in [-0.1, -0.05) is 36.4 Å². The van der Waals surface area contributed by atoms with Crippen molar-refractivity contribution < 1.29 is 4.79 Å². The average Bonchev–Trinajstić information content (AvgIpc) is 3.34. The van der Waals surface area contributed by atoms with E-state index in [9.17, 15) is 4.79 Å². The van der Waals surface area contributed by atoms with E-state index in [1.165, 1.54) is 16.7 Å². The van der Waals surface area contributed by atoms with E-state index in [0.29, 0.717) is 12.1 Å². The number of urea groups is 1. The van der Waals surface area contributed by atoms with Crippen LogP contribution in [0.15, 0.2) is 48.5 Å². The van der Waals surface area contributed by atoms with Gasteiger partial charge >= 0.3 is 6.03 Å². The van der Waals surface area contributed by atoms with E-state index in [4.69, 9.17) is 0 Å². The Kier molecular flexibility index (Phi) is 4.45. The molecule has 3 N–H and O–H groups in total. The molecule has 0 heterocycles. The zero-order chi connectivity index (χ0) is 17.2. The lowest BCUT2D eigenvalue weighted by molar-refractivity contribution is 0.251. The summed E-state index contributed by atoms with van der Waals surface area (Å²) in [6.07, 6.45) is 4.50. The van der Waals surface area contributed by atoms with Gasteiger partial charge in [0.25, 0.3) is 0 Å². The maximum atomic E-state index is 11.8. The highest BCUT2D eigenvalue weighted by Crippen LogP contribution is 2.32. The number of rotatable bonds is 5. The Bertz CT molecular complexity index is 752. The number of hydrogen-bond acceptors (Lipinski definition) is 2. The number of nitrogens with one attached hydrogen (secondary N) is 3. The molecule has 4 rings (SSSR count). The lowest BCUT2D eigenvalue weighted by atomic mass is 10.0. The maximum Gasteiger partial charge on any atom is 0.319 e. The summed E-state index contributed by atoms with van der Waals surface area (Å²) in [6, 6.07) is 17.8. The molecular formula is C21H25N3O. The second kappa shape index (κ2) is 6.89. The fourth-order valence-electron chi connectivity index (χ4n) is 3.56. The van der Waals surface area contributed by atoms with Gasteiger partial charge in [-0.15, -0.1) is 0 Å². The van der Waals surface area contributed by atoms with Crippen molar-refractivity contribution in [3.63, 3.8) is 0 Å². The zero-order valence-corrected chi connectivity index (χ0v) is 14.6. The third-order valence-electron chi connectivity index (χ3n) is 5.17. The molecule has 0 radical (unpaired) electrons. The van der Waals surface area contributed by atoms with Gasteiger partial charge in [0.15, 0.2) is 0 Å². The molecule has 2 atom stereocenters. The fourth-order valence-corrected chi connectivity index (χ4v) is 3.56. The van der Waals surface area contributed by atoms with Crippen LogP contribution >= 0.6 is 0 Å². The van der Waals surface area contributed by atoms with Crippen LogP contribution in [-0.2, 0) is 6.42 Å². The number of hydrogen-bond donors (Lipinski definition) is 3. The van der Waals surface area contributed by atoms with Gasteiger partial charge in [-0.2, -0.15) is 0 Å². The first-order chi connectivity index (χ1) is 12.2. The summed E-state index contributed by atoms with van der Waals surface area (Å²) in [5.74, 6) is 0. The summed E-state index contributed by atoms with van der Waals surface area (Å²) in [6.45, 7) is 2.20. The second-order valence-electron chi connectivity index (χ2n) is 7.17. The monoisotopic (exact) mass is 335 g/mol. The number of carbonyl (C=O) groups excluding carboxylic acids is 1. The van der Waals surface area contributed by atoms with Gasteiger partial charge in [0, 0.05) is 23.8 Å². The largest absolute Gasteiger partial charge is 0.335 e. The van der Waals surface area contributed by atoms with E-state index >= 15 is 0 Å². The third kappa shape index (κ3) is 3.85. The van der Waals surface area contributed by atoms with Gasteiger partial charge in [-0.25, -0.2) is 4.79 Å². The average molecular weight is 335 g/mol. The molecule has 25 heavy (non-hydrogen) atoms. The van der Waals surface area contributed by atoms with Crippen molar-refractivity contribution in [2.75, 3.05) is 5.32 Å². The molecule has 0 saturated heterocycles. The Labute approximate surface area is 149 Å². The van der Waals surface area contributed by atoms with Gasteiger partial charge in [0.05, 0.1) is 0 Å². The minimum absolute atomic E-state index is 0.107. The lowest BCUT2D eigenvalue weighted by Gasteiger charge is -2.21. The zero-order valence-electron chi connectivity index (χ0n) is 14.6. The summed E-state index contributed by atoms with van der Waals surface area (Å²) in [5.41, 5.74) is 4.97. The predicted octanol–water partition coefficient (Wildman–Crippen LogP) is 4.31. The summed E-state index contributed by atoms with van der Waals surface area (Å²) < 4.78 is 0. The Hall–Kier alpha value is -2.33. The molecule has 0 spiro atoms. The van der Waals surface area contributed by atoms with Gasteiger partial charge in [0.2, 0.25) is 0 Å². The normalized spacial score (nSPS) is 20.0. The van der Waals surface area contributed by atoms with E-state index in [2.05, 4.69) is 59.3 Å². The van der Waals surface area contributed by atoms with Crippen LogP contribution in [-0.4, -0.2) is 12.1 Å². The first kappa shape index (κ1) is 16.2.